The lowest BCUT2D eigenvalue weighted by Crippen LogP contribution is -2.13. The van der Waals surface area contributed by atoms with Gasteiger partial charge < -0.3 is 16.2 Å². The van der Waals surface area contributed by atoms with E-state index in [0.29, 0.717) is 0 Å². The number of halogens is 3. The first-order chi connectivity index (χ1) is 9.36. The standard InChI is InChI=1S/C12H8Cl2FN3O2/c13-7-3-6(15)4-8(11(7)19)17-12(20)5-1-9(14)18-10(16)2-5/h1-4,19H,(H2,16,18)(H,17,20). The number of nitrogens with two attached hydrogens (primary N) is 1. The van der Waals surface area contributed by atoms with Crippen LogP contribution in [-0.4, -0.2) is 16.0 Å². The number of carbonyl (C=O) groups excluding carboxylic acids is 1. The van der Waals surface area contributed by atoms with Crippen LogP contribution in [0.4, 0.5) is 15.9 Å². The molecule has 20 heavy (non-hydrogen) atoms. The zero-order chi connectivity index (χ0) is 14.9. The number of nitrogen functional groups attached to an aromatic ring is 1. The van der Waals surface area contributed by atoms with Gasteiger partial charge in [-0.25, -0.2) is 9.37 Å². The highest BCUT2D eigenvalue weighted by atomic mass is 35.5. The van der Waals surface area contributed by atoms with Crippen molar-refractivity contribution in [3.8, 4) is 5.75 Å². The molecule has 104 valence electrons. The molecule has 1 aromatic heterocycles. The number of hydrogen-bond acceptors (Lipinski definition) is 4. The number of amides is 1. The van der Waals surface area contributed by atoms with Crippen LogP contribution in [0.3, 0.4) is 0 Å². The molecule has 0 radical (unpaired) electrons. The van der Waals surface area contributed by atoms with Crippen LogP contribution in [0.5, 0.6) is 5.75 Å². The molecule has 1 aromatic carbocycles. The number of rotatable bonds is 2. The lowest BCUT2D eigenvalue weighted by Gasteiger charge is -2.09. The summed E-state index contributed by atoms with van der Waals surface area (Å²) >= 11 is 11.3. The molecule has 0 aliphatic carbocycles. The second-order valence-electron chi connectivity index (χ2n) is 3.84. The lowest BCUT2D eigenvalue weighted by molar-refractivity contribution is 0.102. The molecule has 0 fully saturated rings. The van der Waals surface area contributed by atoms with E-state index in [0.717, 1.165) is 12.1 Å². The molecule has 0 bridgehead atoms. The Balaban J connectivity index is 2.32. The van der Waals surface area contributed by atoms with Crippen LogP contribution in [0.25, 0.3) is 0 Å². The van der Waals surface area contributed by atoms with Crippen molar-refractivity contribution in [3.05, 3.63) is 45.8 Å². The summed E-state index contributed by atoms with van der Waals surface area (Å²) in [7, 11) is 0. The summed E-state index contributed by atoms with van der Waals surface area (Å²) in [4.78, 5) is 15.7. The van der Waals surface area contributed by atoms with Crippen LogP contribution < -0.4 is 11.1 Å². The number of aromatic nitrogens is 1. The Labute approximate surface area is 123 Å². The molecule has 1 amide bonds. The van der Waals surface area contributed by atoms with E-state index in [2.05, 4.69) is 10.3 Å². The quantitative estimate of drug-likeness (QED) is 0.587. The molecule has 0 unspecified atom stereocenters. The van der Waals surface area contributed by atoms with Crippen molar-refractivity contribution >= 4 is 40.6 Å². The highest BCUT2D eigenvalue weighted by Gasteiger charge is 2.14. The summed E-state index contributed by atoms with van der Waals surface area (Å²) in [5.74, 6) is -1.72. The van der Waals surface area contributed by atoms with Gasteiger partial charge in [0.25, 0.3) is 5.91 Å². The summed E-state index contributed by atoms with van der Waals surface area (Å²) in [6.45, 7) is 0. The van der Waals surface area contributed by atoms with Gasteiger partial charge in [-0.2, -0.15) is 0 Å². The third-order valence-electron chi connectivity index (χ3n) is 2.35. The molecule has 1 heterocycles. The molecule has 4 N–H and O–H groups in total. The minimum atomic E-state index is -0.699. The van der Waals surface area contributed by atoms with E-state index >= 15 is 0 Å². The Morgan fingerprint density at radius 1 is 1.30 bits per heavy atom. The highest BCUT2D eigenvalue weighted by Crippen LogP contribution is 2.33. The smallest absolute Gasteiger partial charge is 0.256 e. The maximum Gasteiger partial charge on any atom is 0.256 e. The molecule has 0 aliphatic heterocycles. The maximum absolute atomic E-state index is 13.2. The monoisotopic (exact) mass is 315 g/mol. The Kier molecular flexibility index (Phi) is 3.96. The highest BCUT2D eigenvalue weighted by molar-refractivity contribution is 6.32. The van der Waals surface area contributed by atoms with E-state index < -0.39 is 17.5 Å². The molecule has 2 rings (SSSR count). The average molecular weight is 316 g/mol. The zero-order valence-electron chi connectivity index (χ0n) is 9.82. The minimum Gasteiger partial charge on any atom is -0.504 e. The van der Waals surface area contributed by atoms with E-state index in [9.17, 15) is 14.3 Å². The van der Waals surface area contributed by atoms with Crippen molar-refractivity contribution in [1.29, 1.82) is 0 Å². The number of pyridine rings is 1. The van der Waals surface area contributed by atoms with Crippen LogP contribution >= 0.6 is 23.2 Å². The van der Waals surface area contributed by atoms with Crippen LogP contribution in [0.2, 0.25) is 10.2 Å². The van der Waals surface area contributed by atoms with Crippen molar-refractivity contribution in [2.75, 3.05) is 11.1 Å². The second kappa shape index (κ2) is 5.52. The molecule has 2 aromatic rings. The fourth-order valence-electron chi connectivity index (χ4n) is 1.50. The first kappa shape index (κ1) is 14.4. The van der Waals surface area contributed by atoms with E-state index in [-0.39, 0.29) is 27.2 Å². The number of hydrogen-bond donors (Lipinski definition) is 3. The Morgan fingerprint density at radius 3 is 2.65 bits per heavy atom. The summed E-state index contributed by atoms with van der Waals surface area (Å²) in [5, 5.41) is 11.8. The number of phenolic OH excluding ortho intramolecular Hbond substituents is 1. The van der Waals surface area contributed by atoms with Gasteiger partial charge in [0, 0.05) is 11.6 Å². The molecule has 0 aliphatic rings. The lowest BCUT2D eigenvalue weighted by atomic mass is 10.2. The van der Waals surface area contributed by atoms with E-state index in [1.165, 1.54) is 12.1 Å². The summed E-state index contributed by atoms with van der Waals surface area (Å²) in [6, 6.07) is 4.43. The molecule has 0 saturated heterocycles. The number of phenols is 1. The first-order valence-corrected chi connectivity index (χ1v) is 6.05. The number of anilines is 2. The van der Waals surface area contributed by atoms with Gasteiger partial charge in [-0.1, -0.05) is 23.2 Å². The normalized spacial score (nSPS) is 10.3. The zero-order valence-corrected chi connectivity index (χ0v) is 11.3. The third kappa shape index (κ3) is 3.09. The molecule has 8 heteroatoms. The number of carbonyl (C=O) groups is 1. The van der Waals surface area contributed by atoms with Crippen LogP contribution in [-0.2, 0) is 0 Å². The number of nitrogens with zero attached hydrogens (tertiary/aromatic N) is 1. The van der Waals surface area contributed by atoms with Crippen molar-refractivity contribution in [2.24, 2.45) is 0 Å². The van der Waals surface area contributed by atoms with Gasteiger partial charge in [0.1, 0.15) is 16.8 Å². The fraction of sp³-hybridized carbons (Fsp3) is 0. The molecule has 0 atom stereocenters. The second-order valence-corrected chi connectivity index (χ2v) is 4.64. The Hall–Kier alpha value is -2.05. The Morgan fingerprint density at radius 2 is 2.00 bits per heavy atom. The SMILES string of the molecule is Nc1cc(C(=O)Nc2cc(F)cc(Cl)c2O)cc(Cl)n1. The summed E-state index contributed by atoms with van der Waals surface area (Å²) in [5.41, 5.74) is 5.42. The number of benzene rings is 1. The van der Waals surface area contributed by atoms with Crippen LogP contribution in [0.15, 0.2) is 24.3 Å². The van der Waals surface area contributed by atoms with Gasteiger partial charge in [-0.3, -0.25) is 4.79 Å². The summed E-state index contributed by atoms with van der Waals surface area (Å²) in [6.07, 6.45) is 0. The van der Waals surface area contributed by atoms with Crippen molar-refractivity contribution in [2.45, 2.75) is 0 Å². The fourth-order valence-corrected chi connectivity index (χ4v) is 1.93. The molecule has 5 nitrogen and oxygen atoms in total. The first-order valence-electron chi connectivity index (χ1n) is 5.29. The van der Waals surface area contributed by atoms with E-state index in [4.69, 9.17) is 28.9 Å². The number of aromatic hydroxyl groups is 1. The van der Waals surface area contributed by atoms with E-state index in [1.54, 1.807) is 0 Å². The topological polar surface area (TPSA) is 88.2 Å². The largest absolute Gasteiger partial charge is 0.504 e. The van der Waals surface area contributed by atoms with Crippen LogP contribution in [0.1, 0.15) is 10.4 Å². The van der Waals surface area contributed by atoms with Gasteiger partial charge in [0.15, 0.2) is 5.75 Å². The van der Waals surface area contributed by atoms with Crippen molar-refractivity contribution < 1.29 is 14.3 Å². The average Bonchev–Trinajstić information content (AvgIpc) is 2.34. The predicted molar refractivity (Wildman–Crippen MR) is 74.7 cm³/mol. The van der Waals surface area contributed by atoms with Gasteiger partial charge in [-0.05, 0) is 18.2 Å². The molecular weight excluding hydrogens is 308 g/mol. The predicted octanol–water partition coefficient (Wildman–Crippen LogP) is 3.07. The van der Waals surface area contributed by atoms with E-state index in [1.807, 2.05) is 0 Å². The maximum atomic E-state index is 13.2. The van der Waals surface area contributed by atoms with Crippen molar-refractivity contribution in [1.82, 2.24) is 4.98 Å². The minimum absolute atomic E-state index is 0.0386. The summed E-state index contributed by atoms with van der Waals surface area (Å²) < 4.78 is 13.2. The number of nitrogens with one attached hydrogen (secondary N) is 1. The Bertz CT molecular complexity index is 674. The molecular formula is C12H8Cl2FN3O2. The molecule has 0 saturated carbocycles. The van der Waals surface area contributed by atoms with Gasteiger partial charge in [0.2, 0.25) is 0 Å². The van der Waals surface area contributed by atoms with Crippen molar-refractivity contribution in [3.63, 3.8) is 0 Å². The third-order valence-corrected chi connectivity index (χ3v) is 2.83. The molecule has 0 spiro atoms. The van der Waals surface area contributed by atoms with Crippen LogP contribution in [0, 0.1) is 5.82 Å². The van der Waals surface area contributed by atoms with Gasteiger partial charge >= 0.3 is 0 Å². The van der Waals surface area contributed by atoms with Gasteiger partial charge in [0.05, 0.1) is 10.7 Å². The van der Waals surface area contributed by atoms with Gasteiger partial charge in [-0.15, -0.1) is 0 Å².